The Balaban J connectivity index is 2.15. The molecule has 0 saturated heterocycles. The van der Waals surface area contributed by atoms with Gasteiger partial charge in [-0.25, -0.2) is 9.78 Å². The molecule has 3 rings (SSSR count). The largest absolute Gasteiger partial charge is 0.449 e. The van der Waals surface area contributed by atoms with E-state index in [1.54, 1.807) is 6.07 Å². The summed E-state index contributed by atoms with van der Waals surface area (Å²) < 4.78 is 5.09. The number of hydrogen-bond donors (Lipinski definition) is 0. The number of para-hydroxylation sites is 1. The molecule has 1 aromatic heterocycles. The van der Waals surface area contributed by atoms with Gasteiger partial charge < -0.3 is 4.74 Å². The first-order valence-electron chi connectivity index (χ1n) is 7.26. The minimum absolute atomic E-state index is 0.0463. The van der Waals surface area contributed by atoms with Crippen molar-refractivity contribution < 1.29 is 9.53 Å². The number of nitrogens with zero attached hydrogens (tertiary/aromatic N) is 1. The highest BCUT2D eigenvalue weighted by Crippen LogP contribution is 2.25. The predicted octanol–water partition coefficient (Wildman–Crippen LogP) is 4.00. The maximum atomic E-state index is 12.3. The summed E-state index contributed by atoms with van der Waals surface area (Å²) in [6.45, 7) is 1.98. The van der Waals surface area contributed by atoms with E-state index < -0.39 is 5.97 Å². The molecule has 2 aromatic carbocycles. The third-order valence-electron chi connectivity index (χ3n) is 3.57. The molecule has 3 nitrogen and oxygen atoms in total. The van der Waals surface area contributed by atoms with Crippen LogP contribution in [0.4, 0.5) is 0 Å². The van der Waals surface area contributed by atoms with Gasteiger partial charge in [-0.3, -0.25) is 0 Å². The van der Waals surface area contributed by atoms with Gasteiger partial charge in [0.2, 0.25) is 0 Å². The fraction of sp³-hybridized carbons (Fsp3) is 0.100. The first-order chi connectivity index (χ1) is 11.2. The first kappa shape index (κ1) is 14.8. The molecule has 0 amide bonds. The van der Waals surface area contributed by atoms with Gasteiger partial charge in [-0.15, -0.1) is 6.42 Å². The Morgan fingerprint density at radius 2 is 1.91 bits per heavy atom. The van der Waals surface area contributed by atoms with E-state index in [1.807, 2.05) is 55.5 Å². The molecule has 23 heavy (non-hydrogen) atoms. The second-order valence-electron chi connectivity index (χ2n) is 5.22. The number of aromatic nitrogens is 1. The van der Waals surface area contributed by atoms with Crippen molar-refractivity contribution in [3.63, 3.8) is 0 Å². The lowest BCUT2D eigenvalue weighted by Gasteiger charge is -2.09. The SMILES string of the molecule is C#CCOC(=O)c1cc(-c2ccc(C)cc2)nc2ccccc12. The molecule has 0 saturated carbocycles. The topological polar surface area (TPSA) is 39.2 Å². The Morgan fingerprint density at radius 1 is 1.17 bits per heavy atom. The molecular formula is C20H15NO2. The Bertz CT molecular complexity index is 905. The summed E-state index contributed by atoms with van der Waals surface area (Å²) in [6.07, 6.45) is 5.16. The van der Waals surface area contributed by atoms with Crippen molar-refractivity contribution in [2.45, 2.75) is 6.92 Å². The van der Waals surface area contributed by atoms with Gasteiger partial charge in [0, 0.05) is 10.9 Å². The van der Waals surface area contributed by atoms with Crippen molar-refractivity contribution in [3.8, 4) is 23.6 Å². The first-order valence-corrected chi connectivity index (χ1v) is 7.26. The van der Waals surface area contributed by atoms with E-state index in [4.69, 9.17) is 11.2 Å². The van der Waals surface area contributed by atoms with Crippen molar-refractivity contribution in [3.05, 3.63) is 65.7 Å². The van der Waals surface area contributed by atoms with E-state index in [9.17, 15) is 4.79 Å². The molecule has 0 spiro atoms. The molecule has 1 heterocycles. The standard InChI is InChI=1S/C20H15NO2/c1-3-12-23-20(22)17-13-19(15-10-8-14(2)9-11-15)21-18-7-5-4-6-16(17)18/h1,4-11,13H,12H2,2H3. The predicted molar refractivity (Wildman–Crippen MR) is 91.0 cm³/mol. The lowest BCUT2D eigenvalue weighted by Crippen LogP contribution is -2.07. The molecule has 3 aromatic rings. The number of benzene rings is 2. The van der Waals surface area contributed by atoms with Crippen LogP contribution in [0.3, 0.4) is 0 Å². The fourth-order valence-electron chi connectivity index (χ4n) is 2.40. The maximum Gasteiger partial charge on any atom is 0.339 e. The number of esters is 1. The van der Waals surface area contributed by atoms with Crippen molar-refractivity contribution >= 4 is 16.9 Å². The third kappa shape index (κ3) is 3.07. The van der Waals surface area contributed by atoms with Gasteiger partial charge in [-0.2, -0.15) is 0 Å². The number of hydrogen-bond acceptors (Lipinski definition) is 3. The molecule has 0 fully saturated rings. The van der Waals surface area contributed by atoms with Gasteiger partial charge >= 0.3 is 5.97 Å². The Morgan fingerprint density at radius 3 is 2.65 bits per heavy atom. The second kappa shape index (κ2) is 6.33. The van der Waals surface area contributed by atoms with Gasteiger partial charge in [-0.05, 0) is 19.1 Å². The van der Waals surface area contributed by atoms with Gasteiger partial charge in [0.25, 0.3) is 0 Å². The molecule has 0 aliphatic carbocycles. The molecular weight excluding hydrogens is 286 g/mol. The molecule has 0 radical (unpaired) electrons. The van der Waals surface area contributed by atoms with Gasteiger partial charge in [0.1, 0.15) is 0 Å². The van der Waals surface area contributed by atoms with Crippen LogP contribution in [0.1, 0.15) is 15.9 Å². The van der Waals surface area contributed by atoms with E-state index >= 15 is 0 Å². The number of ether oxygens (including phenoxy) is 1. The second-order valence-corrected chi connectivity index (χ2v) is 5.22. The van der Waals surface area contributed by atoms with Crippen LogP contribution in [0.15, 0.2) is 54.6 Å². The van der Waals surface area contributed by atoms with Crippen LogP contribution >= 0.6 is 0 Å². The molecule has 0 aliphatic rings. The van der Waals surface area contributed by atoms with Crippen LogP contribution in [-0.4, -0.2) is 17.6 Å². The van der Waals surface area contributed by atoms with E-state index in [-0.39, 0.29) is 6.61 Å². The summed E-state index contributed by atoms with van der Waals surface area (Å²) in [6, 6.07) is 17.3. The van der Waals surface area contributed by atoms with Gasteiger partial charge in [0.15, 0.2) is 6.61 Å². The summed E-state index contributed by atoms with van der Waals surface area (Å²) in [7, 11) is 0. The average Bonchev–Trinajstić information content (AvgIpc) is 2.59. The number of aryl methyl sites for hydroxylation is 1. The summed E-state index contributed by atoms with van der Waals surface area (Å²) in [5.41, 5.74) is 4.08. The van der Waals surface area contributed by atoms with Crippen LogP contribution in [0.25, 0.3) is 22.2 Å². The zero-order valence-electron chi connectivity index (χ0n) is 12.7. The summed E-state index contributed by atoms with van der Waals surface area (Å²) >= 11 is 0. The number of carbonyl (C=O) groups excluding carboxylic acids is 1. The average molecular weight is 301 g/mol. The van der Waals surface area contributed by atoms with Gasteiger partial charge in [0.05, 0.1) is 16.8 Å². The molecule has 0 aliphatic heterocycles. The summed E-state index contributed by atoms with van der Waals surface area (Å²) in [5, 5.41) is 0.755. The normalized spacial score (nSPS) is 10.3. The summed E-state index contributed by atoms with van der Waals surface area (Å²) in [4.78, 5) is 17.0. The number of pyridine rings is 1. The highest BCUT2D eigenvalue weighted by Gasteiger charge is 2.14. The highest BCUT2D eigenvalue weighted by atomic mass is 16.5. The van der Waals surface area contributed by atoms with Crippen molar-refractivity contribution in [1.29, 1.82) is 0 Å². The van der Waals surface area contributed by atoms with E-state index in [2.05, 4.69) is 10.9 Å². The fourth-order valence-corrected chi connectivity index (χ4v) is 2.40. The minimum Gasteiger partial charge on any atom is -0.449 e. The van der Waals surface area contributed by atoms with Crippen LogP contribution in [-0.2, 0) is 4.74 Å². The Hall–Kier alpha value is -3.12. The van der Waals surface area contributed by atoms with Gasteiger partial charge in [-0.1, -0.05) is 53.9 Å². The monoisotopic (exact) mass is 301 g/mol. The lowest BCUT2D eigenvalue weighted by atomic mass is 10.0. The van der Waals surface area contributed by atoms with E-state index in [0.717, 1.165) is 22.2 Å². The zero-order chi connectivity index (χ0) is 16.2. The molecule has 0 N–H and O–H groups in total. The Labute approximate surface area is 134 Å². The molecule has 3 heteroatoms. The number of terminal acetylenes is 1. The molecule has 0 bridgehead atoms. The zero-order valence-corrected chi connectivity index (χ0v) is 12.7. The molecule has 112 valence electrons. The van der Waals surface area contributed by atoms with E-state index in [1.165, 1.54) is 5.56 Å². The van der Waals surface area contributed by atoms with Crippen molar-refractivity contribution in [2.24, 2.45) is 0 Å². The molecule has 0 unspecified atom stereocenters. The summed E-state index contributed by atoms with van der Waals surface area (Å²) in [5.74, 6) is 1.88. The van der Waals surface area contributed by atoms with Crippen molar-refractivity contribution in [2.75, 3.05) is 6.61 Å². The smallest absolute Gasteiger partial charge is 0.339 e. The number of rotatable bonds is 3. The quantitative estimate of drug-likeness (QED) is 0.542. The highest BCUT2D eigenvalue weighted by molar-refractivity contribution is 6.04. The van der Waals surface area contributed by atoms with E-state index in [0.29, 0.717) is 5.56 Å². The molecule has 0 atom stereocenters. The lowest BCUT2D eigenvalue weighted by molar-refractivity contribution is 0.0559. The van der Waals surface area contributed by atoms with Crippen LogP contribution in [0.2, 0.25) is 0 Å². The maximum absolute atomic E-state index is 12.3. The van der Waals surface area contributed by atoms with Crippen LogP contribution < -0.4 is 0 Å². The third-order valence-corrected chi connectivity index (χ3v) is 3.57. The number of carbonyl (C=O) groups is 1. The Kier molecular flexibility index (Phi) is 4.07. The van der Waals surface area contributed by atoms with Crippen LogP contribution in [0, 0.1) is 19.3 Å². The number of fused-ring (bicyclic) bond motifs is 1. The minimum atomic E-state index is -0.435. The van der Waals surface area contributed by atoms with Crippen LogP contribution in [0.5, 0.6) is 0 Å². The van der Waals surface area contributed by atoms with Crippen molar-refractivity contribution in [1.82, 2.24) is 4.98 Å².